The summed E-state index contributed by atoms with van der Waals surface area (Å²) >= 11 is 0. The number of amides is 2. The SMILES string of the molecule is CC(C)CN1C(=O)N(C)CC1C(=O)O. The molecular weight excluding hydrogens is 184 g/mol. The lowest BCUT2D eigenvalue weighted by molar-refractivity contribution is -0.141. The van der Waals surface area contributed by atoms with Crippen molar-refractivity contribution < 1.29 is 14.7 Å². The molecule has 1 N–H and O–H groups in total. The first-order valence-electron chi connectivity index (χ1n) is 4.68. The van der Waals surface area contributed by atoms with Gasteiger partial charge in [-0.1, -0.05) is 13.8 Å². The first kappa shape index (κ1) is 10.8. The van der Waals surface area contributed by atoms with Gasteiger partial charge >= 0.3 is 12.0 Å². The highest BCUT2D eigenvalue weighted by atomic mass is 16.4. The van der Waals surface area contributed by atoms with Gasteiger partial charge in [-0.05, 0) is 5.92 Å². The van der Waals surface area contributed by atoms with E-state index in [1.54, 1.807) is 7.05 Å². The number of hydrogen-bond acceptors (Lipinski definition) is 2. The minimum Gasteiger partial charge on any atom is -0.480 e. The number of carbonyl (C=O) groups is 2. The number of aliphatic carboxylic acids is 1. The van der Waals surface area contributed by atoms with Crippen molar-refractivity contribution in [3.63, 3.8) is 0 Å². The van der Waals surface area contributed by atoms with Crippen LogP contribution in [-0.2, 0) is 4.79 Å². The van der Waals surface area contributed by atoms with E-state index in [1.165, 1.54) is 9.80 Å². The second-order valence-electron chi connectivity index (χ2n) is 4.06. The summed E-state index contributed by atoms with van der Waals surface area (Å²) < 4.78 is 0. The summed E-state index contributed by atoms with van der Waals surface area (Å²) in [5, 5.41) is 8.91. The number of rotatable bonds is 3. The van der Waals surface area contributed by atoms with Crippen molar-refractivity contribution in [1.29, 1.82) is 0 Å². The van der Waals surface area contributed by atoms with Gasteiger partial charge in [0.15, 0.2) is 0 Å². The molecule has 1 atom stereocenters. The van der Waals surface area contributed by atoms with Gasteiger partial charge in [0.2, 0.25) is 0 Å². The Morgan fingerprint density at radius 2 is 2.21 bits per heavy atom. The molecule has 80 valence electrons. The second kappa shape index (κ2) is 3.86. The van der Waals surface area contributed by atoms with E-state index in [9.17, 15) is 9.59 Å². The summed E-state index contributed by atoms with van der Waals surface area (Å²) in [7, 11) is 1.62. The molecular formula is C9H16N2O3. The zero-order valence-corrected chi connectivity index (χ0v) is 8.73. The topological polar surface area (TPSA) is 60.9 Å². The standard InChI is InChI=1S/C9H16N2O3/c1-6(2)4-11-7(8(12)13)5-10(3)9(11)14/h6-7H,4-5H2,1-3H3,(H,12,13). The van der Waals surface area contributed by atoms with Crippen LogP contribution in [0, 0.1) is 5.92 Å². The molecule has 1 unspecified atom stereocenters. The van der Waals surface area contributed by atoms with E-state index in [1.807, 2.05) is 13.8 Å². The normalized spacial score (nSPS) is 22.3. The molecule has 1 rings (SSSR count). The quantitative estimate of drug-likeness (QED) is 0.720. The molecule has 2 amide bonds. The summed E-state index contributed by atoms with van der Waals surface area (Å²) in [5.74, 6) is -0.643. The number of carbonyl (C=O) groups excluding carboxylic acids is 1. The molecule has 0 radical (unpaired) electrons. The maximum absolute atomic E-state index is 11.5. The van der Waals surface area contributed by atoms with E-state index in [-0.39, 0.29) is 18.5 Å². The Kier molecular flexibility index (Phi) is 2.98. The average Bonchev–Trinajstić information content (AvgIpc) is 2.32. The summed E-state index contributed by atoms with van der Waals surface area (Å²) in [6.45, 7) is 4.70. The number of nitrogens with zero attached hydrogens (tertiary/aromatic N) is 2. The molecule has 0 aliphatic carbocycles. The van der Waals surface area contributed by atoms with Gasteiger partial charge in [0.1, 0.15) is 6.04 Å². The molecule has 0 aromatic heterocycles. The number of carboxylic acids is 1. The Hall–Kier alpha value is -1.26. The monoisotopic (exact) mass is 200 g/mol. The predicted octanol–water partition coefficient (Wildman–Crippen LogP) is 0.463. The molecule has 0 spiro atoms. The van der Waals surface area contributed by atoms with Crippen LogP contribution in [0.1, 0.15) is 13.8 Å². The maximum atomic E-state index is 11.5. The van der Waals surface area contributed by atoms with Crippen LogP contribution in [0.25, 0.3) is 0 Å². The highest BCUT2D eigenvalue weighted by Crippen LogP contribution is 2.16. The molecule has 0 aromatic carbocycles. The van der Waals surface area contributed by atoms with E-state index in [0.29, 0.717) is 6.54 Å². The molecule has 0 bridgehead atoms. The Morgan fingerprint density at radius 1 is 1.64 bits per heavy atom. The van der Waals surface area contributed by atoms with E-state index in [4.69, 9.17) is 5.11 Å². The van der Waals surface area contributed by atoms with E-state index >= 15 is 0 Å². The zero-order chi connectivity index (χ0) is 10.9. The molecule has 1 aliphatic rings. The van der Waals surface area contributed by atoms with Crippen LogP contribution in [-0.4, -0.2) is 53.1 Å². The minimum atomic E-state index is -0.927. The Bertz CT molecular complexity index is 252. The molecule has 1 aliphatic heterocycles. The van der Waals surface area contributed by atoms with Gasteiger partial charge in [-0.15, -0.1) is 0 Å². The summed E-state index contributed by atoms with van der Waals surface area (Å²) in [6.07, 6.45) is 0. The van der Waals surface area contributed by atoms with Gasteiger partial charge in [0.25, 0.3) is 0 Å². The van der Waals surface area contributed by atoms with Crippen LogP contribution in [0.5, 0.6) is 0 Å². The molecule has 14 heavy (non-hydrogen) atoms. The second-order valence-corrected chi connectivity index (χ2v) is 4.06. The minimum absolute atomic E-state index is 0.189. The van der Waals surface area contributed by atoms with Crippen molar-refractivity contribution in [1.82, 2.24) is 9.80 Å². The van der Waals surface area contributed by atoms with Gasteiger partial charge in [-0.25, -0.2) is 9.59 Å². The fourth-order valence-corrected chi connectivity index (χ4v) is 1.60. The van der Waals surface area contributed by atoms with Gasteiger partial charge in [-0.2, -0.15) is 0 Å². The van der Waals surface area contributed by atoms with Crippen LogP contribution < -0.4 is 0 Å². The van der Waals surface area contributed by atoms with Crippen LogP contribution >= 0.6 is 0 Å². The largest absolute Gasteiger partial charge is 0.480 e. The lowest BCUT2D eigenvalue weighted by Gasteiger charge is -2.21. The smallest absolute Gasteiger partial charge is 0.328 e. The zero-order valence-electron chi connectivity index (χ0n) is 8.73. The average molecular weight is 200 g/mol. The summed E-state index contributed by atoms with van der Waals surface area (Å²) in [4.78, 5) is 25.3. The third-order valence-corrected chi connectivity index (χ3v) is 2.24. The van der Waals surface area contributed by atoms with E-state index in [2.05, 4.69) is 0 Å². The van der Waals surface area contributed by atoms with Gasteiger partial charge in [-0.3, -0.25) is 0 Å². The highest BCUT2D eigenvalue weighted by molar-refractivity contribution is 5.86. The molecule has 5 nitrogen and oxygen atoms in total. The summed E-state index contributed by atoms with van der Waals surface area (Å²) in [5.41, 5.74) is 0. The Balaban J connectivity index is 2.76. The number of hydrogen-bond donors (Lipinski definition) is 1. The Labute approximate surface area is 83.3 Å². The van der Waals surface area contributed by atoms with Crippen molar-refractivity contribution in [2.45, 2.75) is 19.9 Å². The maximum Gasteiger partial charge on any atom is 0.328 e. The van der Waals surface area contributed by atoms with E-state index in [0.717, 1.165) is 0 Å². The van der Waals surface area contributed by atoms with Crippen molar-refractivity contribution in [3.8, 4) is 0 Å². The van der Waals surface area contributed by atoms with Crippen molar-refractivity contribution in [3.05, 3.63) is 0 Å². The number of urea groups is 1. The molecule has 5 heteroatoms. The fourth-order valence-electron chi connectivity index (χ4n) is 1.60. The van der Waals surface area contributed by atoms with Crippen molar-refractivity contribution in [2.75, 3.05) is 20.1 Å². The first-order valence-corrected chi connectivity index (χ1v) is 4.68. The molecule has 0 saturated carbocycles. The molecule has 1 fully saturated rings. The molecule has 1 heterocycles. The van der Waals surface area contributed by atoms with Crippen LogP contribution in [0.2, 0.25) is 0 Å². The molecule has 0 aromatic rings. The predicted molar refractivity (Wildman–Crippen MR) is 51.0 cm³/mol. The van der Waals surface area contributed by atoms with Gasteiger partial charge in [0.05, 0.1) is 6.54 Å². The highest BCUT2D eigenvalue weighted by Gasteiger charge is 2.39. The third kappa shape index (κ3) is 1.97. The lowest BCUT2D eigenvalue weighted by atomic mass is 10.2. The fraction of sp³-hybridized carbons (Fsp3) is 0.778. The third-order valence-electron chi connectivity index (χ3n) is 2.24. The number of likely N-dealkylation sites (N-methyl/N-ethyl adjacent to an activating group) is 1. The van der Waals surface area contributed by atoms with Gasteiger partial charge < -0.3 is 14.9 Å². The van der Waals surface area contributed by atoms with Crippen LogP contribution in [0.15, 0.2) is 0 Å². The van der Waals surface area contributed by atoms with Crippen molar-refractivity contribution in [2.24, 2.45) is 5.92 Å². The van der Waals surface area contributed by atoms with Crippen LogP contribution in [0.4, 0.5) is 4.79 Å². The van der Waals surface area contributed by atoms with Crippen LogP contribution in [0.3, 0.4) is 0 Å². The number of carboxylic acid groups (broad SMARTS) is 1. The van der Waals surface area contributed by atoms with E-state index < -0.39 is 12.0 Å². The van der Waals surface area contributed by atoms with Gasteiger partial charge in [0, 0.05) is 13.6 Å². The van der Waals surface area contributed by atoms with Crippen molar-refractivity contribution >= 4 is 12.0 Å². The first-order chi connectivity index (χ1) is 6.43. The lowest BCUT2D eigenvalue weighted by Crippen LogP contribution is -2.41. The molecule has 1 saturated heterocycles. The summed E-state index contributed by atoms with van der Waals surface area (Å²) in [6, 6.07) is -0.874. The Morgan fingerprint density at radius 3 is 2.64 bits per heavy atom.